The van der Waals surface area contributed by atoms with Crippen LogP contribution in [0.1, 0.15) is 26.2 Å². The van der Waals surface area contributed by atoms with Crippen LogP contribution in [0.25, 0.3) is 0 Å². The van der Waals surface area contributed by atoms with Gasteiger partial charge in [0.25, 0.3) is 0 Å². The molecule has 0 radical (unpaired) electrons. The van der Waals surface area contributed by atoms with E-state index in [1.165, 1.54) is 6.07 Å². The Morgan fingerprint density at radius 3 is 2.84 bits per heavy atom. The van der Waals surface area contributed by atoms with Gasteiger partial charge in [0.2, 0.25) is 10.0 Å². The molecule has 2 aliphatic rings. The van der Waals surface area contributed by atoms with Gasteiger partial charge in [0.1, 0.15) is 16.7 Å². The number of sulfonamides is 1. The molecule has 2 aliphatic heterocycles. The molecule has 2 heterocycles. The van der Waals surface area contributed by atoms with E-state index in [1.807, 2.05) is 6.92 Å². The van der Waals surface area contributed by atoms with Gasteiger partial charge in [-0.25, -0.2) is 8.42 Å². The fourth-order valence-electron chi connectivity index (χ4n) is 3.53. The molecule has 140 valence electrons. The Morgan fingerprint density at radius 1 is 1.32 bits per heavy atom. The molecule has 1 aromatic carbocycles. The summed E-state index contributed by atoms with van der Waals surface area (Å²) in [7, 11) is -2.10. The highest BCUT2D eigenvalue weighted by Crippen LogP contribution is 2.32. The summed E-state index contributed by atoms with van der Waals surface area (Å²) in [5.74, 6) is 0.316. The maximum absolute atomic E-state index is 13.3. The molecule has 6 nitrogen and oxygen atoms in total. The summed E-state index contributed by atoms with van der Waals surface area (Å²) in [5, 5.41) is 3.88. The minimum absolute atomic E-state index is 0.126. The van der Waals surface area contributed by atoms with E-state index in [0.717, 1.165) is 19.3 Å². The number of rotatable bonds is 6. The number of methoxy groups -OCH3 is 1. The lowest BCUT2D eigenvalue weighted by Crippen LogP contribution is -2.39. The molecule has 25 heavy (non-hydrogen) atoms. The zero-order chi connectivity index (χ0) is 18.0. The van der Waals surface area contributed by atoms with Crippen LogP contribution in [0.15, 0.2) is 23.1 Å². The number of nitrogens with zero attached hydrogens (tertiary/aromatic N) is 1. The zero-order valence-corrected chi connectivity index (χ0v) is 16.1. The van der Waals surface area contributed by atoms with Gasteiger partial charge in [0.05, 0.1) is 6.61 Å². The summed E-state index contributed by atoms with van der Waals surface area (Å²) in [5.41, 5.74) is 0. The second-order valence-corrected chi connectivity index (χ2v) is 9.11. The Morgan fingerprint density at radius 2 is 2.08 bits per heavy atom. The van der Waals surface area contributed by atoms with Crippen molar-refractivity contribution in [3.8, 4) is 5.75 Å². The Bertz CT molecular complexity index is 713. The SMILES string of the molecule is COCC(C)Oc1ccc(Cl)cc1S(=O)(=O)N1CCC2CCC(C1)N2. The van der Waals surface area contributed by atoms with E-state index in [4.69, 9.17) is 21.1 Å². The minimum atomic E-state index is -3.68. The first-order valence-corrected chi connectivity index (χ1v) is 10.4. The Labute approximate surface area is 154 Å². The molecule has 2 saturated heterocycles. The normalized spacial score (nSPS) is 25.6. The Balaban J connectivity index is 1.89. The van der Waals surface area contributed by atoms with Gasteiger partial charge < -0.3 is 14.8 Å². The van der Waals surface area contributed by atoms with Gasteiger partial charge in [-0.2, -0.15) is 4.31 Å². The molecule has 0 saturated carbocycles. The second kappa shape index (κ2) is 7.80. The zero-order valence-electron chi connectivity index (χ0n) is 14.6. The van der Waals surface area contributed by atoms with Gasteiger partial charge in [-0.1, -0.05) is 11.6 Å². The van der Waals surface area contributed by atoms with Crippen molar-refractivity contribution in [2.45, 2.75) is 49.3 Å². The summed E-state index contributed by atoms with van der Waals surface area (Å²) in [6, 6.07) is 5.37. The average Bonchev–Trinajstić information content (AvgIpc) is 2.87. The van der Waals surface area contributed by atoms with Crippen LogP contribution in [0.3, 0.4) is 0 Å². The third-order valence-electron chi connectivity index (χ3n) is 4.74. The molecule has 3 rings (SSSR count). The third-order valence-corrected chi connectivity index (χ3v) is 6.86. The van der Waals surface area contributed by atoms with E-state index in [0.29, 0.717) is 36.5 Å². The summed E-state index contributed by atoms with van der Waals surface area (Å²) in [6.07, 6.45) is 2.70. The number of fused-ring (bicyclic) bond motifs is 2. The molecule has 2 bridgehead atoms. The number of nitrogens with one attached hydrogen (secondary N) is 1. The Hall–Kier alpha value is -0.860. The van der Waals surface area contributed by atoms with Gasteiger partial charge in [0.15, 0.2) is 0 Å². The molecule has 2 fully saturated rings. The van der Waals surface area contributed by atoms with Crippen molar-refractivity contribution in [1.29, 1.82) is 0 Å². The van der Waals surface area contributed by atoms with Gasteiger partial charge in [-0.3, -0.25) is 0 Å². The summed E-state index contributed by atoms with van der Waals surface area (Å²) < 4.78 is 39.0. The fourth-order valence-corrected chi connectivity index (χ4v) is 5.42. The lowest BCUT2D eigenvalue weighted by molar-refractivity contribution is 0.0900. The molecule has 0 aliphatic carbocycles. The van der Waals surface area contributed by atoms with Crippen molar-refractivity contribution in [2.24, 2.45) is 0 Å². The first-order valence-electron chi connectivity index (χ1n) is 8.61. The highest BCUT2D eigenvalue weighted by atomic mass is 35.5. The van der Waals surface area contributed by atoms with Crippen LogP contribution in [0.4, 0.5) is 0 Å². The first-order chi connectivity index (χ1) is 11.9. The molecule has 8 heteroatoms. The lowest BCUT2D eigenvalue weighted by Gasteiger charge is -2.25. The molecular formula is C17H25ClN2O4S. The lowest BCUT2D eigenvalue weighted by atomic mass is 10.1. The molecule has 0 spiro atoms. The van der Waals surface area contributed by atoms with E-state index in [2.05, 4.69) is 5.32 Å². The molecule has 1 aromatic rings. The quantitative estimate of drug-likeness (QED) is 0.809. The molecule has 1 N–H and O–H groups in total. The van der Waals surface area contributed by atoms with E-state index >= 15 is 0 Å². The van der Waals surface area contributed by atoms with Gasteiger partial charge in [0, 0.05) is 37.3 Å². The predicted molar refractivity (Wildman–Crippen MR) is 96.7 cm³/mol. The van der Waals surface area contributed by atoms with Crippen molar-refractivity contribution < 1.29 is 17.9 Å². The van der Waals surface area contributed by atoms with Gasteiger partial charge >= 0.3 is 0 Å². The summed E-state index contributed by atoms with van der Waals surface area (Å²) in [4.78, 5) is 0.126. The Kier molecular flexibility index (Phi) is 5.90. The number of hydrogen-bond acceptors (Lipinski definition) is 5. The van der Waals surface area contributed by atoms with Crippen molar-refractivity contribution >= 4 is 21.6 Å². The molecular weight excluding hydrogens is 364 g/mol. The van der Waals surface area contributed by atoms with Crippen molar-refractivity contribution in [2.75, 3.05) is 26.8 Å². The maximum atomic E-state index is 13.3. The van der Waals surface area contributed by atoms with Crippen molar-refractivity contribution in [1.82, 2.24) is 9.62 Å². The van der Waals surface area contributed by atoms with E-state index in [-0.39, 0.29) is 17.0 Å². The summed E-state index contributed by atoms with van der Waals surface area (Å²) >= 11 is 6.08. The second-order valence-electron chi connectivity index (χ2n) is 6.76. The molecule has 3 atom stereocenters. The van der Waals surface area contributed by atoms with Crippen LogP contribution >= 0.6 is 11.6 Å². The fraction of sp³-hybridized carbons (Fsp3) is 0.647. The summed E-state index contributed by atoms with van der Waals surface area (Å²) in [6.45, 7) is 3.21. The van der Waals surface area contributed by atoms with Crippen LogP contribution in [0, 0.1) is 0 Å². The van der Waals surface area contributed by atoms with Gasteiger partial charge in [-0.15, -0.1) is 0 Å². The van der Waals surface area contributed by atoms with E-state index in [9.17, 15) is 8.42 Å². The van der Waals surface area contributed by atoms with E-state index in [1.54, 1.807) is 23.5 Å². The molecule has 0 amide bonds. The molecule has 0 aromatic heterocycles. The number of benzene rings is 1. The highest BCUT2D eigenvalue weighted by Gasteiger charge is 2.36. The van der Waals surface area contributed by atoms with Crippen molar-refractivity contribution in [3.63, 3.8) is 0 Å². The smallest absolute Gasteiger partial charge is 0.246 e. The van der Waals surface area contributed by atoms with Crippen LogP contribution in [0.5, 0.6) is 5.75 Å². The van der Waals surface area contributed by atoms with Crippen LogP contribution in [-0.4, -0.2) is 57.7 Å². The standard InChI is InChI=1S/C17H25ClN2O4S/c1-12(11-23-2)24-16-6-3-13(18)9-17(16)25(21,22)20-8-7-14-4-5-15(10-20)19-14/h3,6,9,12,14-15,19H,4-5,7-8,10-11H2,1-2H3. The largest absolute Gasteiger partial charge is 0.487 e. The molecule has 3 unspecified atom stereocenters. The number of hydrogen-bond donors (Lipinski definition) is 1. The minimum Gasteiger partial charge on any atom is -0.487 e. The van der Waals surface area contributed by atoms with Crippen molar-refractivity contribution in [3.05, 3.63) is 23.2 Å². The predicted octanol–water partition coefficient (Wildman–Crippen LogP) is 2.27. The maximum Gasteiger partial charge on any atom is 0.246 e. The third kappa shape index (κ3) is 4.28. The van der Waals surface area contributed by atoms with Gasteiger partial charge in [-0.05, 0) is 44.4 Å². The van der Waals surface area contributed by atoms with Crippen LogP contribution in [-0.2, 0) is 14.8 Å². The van der Waals surface area contributed by atoms with E-state index < -0.39 is 10.0 Å². The first kappa shape index (κ1) is 18.9. The topological polar surface area (TPSA) is 67.9 Å². The monoisotopic (exact) mass is 388 g/mol. The number of halogens is 1. The highest BCUT2D eigenvalue weighted by molar-refractivity contribution is 7.89. The average molecular weight is 389 g/mol. The van der Waals surface area contributed by atoms with Crippen LogP contribution in [0.2, 0.25) is 5.02 Å². The van der Waals surface area contributed by atoms with Crippen LogP contribution < -0.4 is 10.1 Å². The number of ether oxygens (including phenoxy) is 2.